The third-order valence-corrected chi connectivity index (χ3v) is 6.47. The Morgan fingerprint density at radius 3 is 2.53 bits per heavy atom. The summed E-state index contributed by atoms with van der Waals surface area (Å²) >= 11 is 6.44. The van der Waals surface area contributed by atoms with Crippen molar-refractivity contribution in [1.82, 2.24) is 15.1 Å². The summed E-state index contributed by atoms with van der Waals surface area (Å²) in [4.78, 5) is 13.0. The van der Waals surface area contributed by atoms with Crippen LogP contribution >= 0.6 is 11.6 Å². The first-order chi connectivity index (χ1) is 15.5. The van der Waals surface area contributed by atoms with Crippen molar-refractivity contribution >= 4 is 28.4 Å². The van der Waals surface area contributed by atoms with Gasteiger partial charge in [0.25, 0.3) is 5.91 Å². The van der Waals surface area contributed by atoms with E-state index in [2.05, 4.69) is 5.32 Å². The van der Waals surface area contributed by atoms with E-state index < -0.39 is 5.54 Å². The highest BCUT2D eigenvalue weighted by Gasteiger charge is 2.38. The van der Waals surface area contributed by atoms with Gasteiger partial charge in [-0.15, -0.1) is 0 Å². The van der Waals surface area contributed by atoms with Crippen LogP contribution in [0, 0.1) is 5.82 Å². The summed E-state index contributed by atoms with van der Waals surface area (Å²) in [6, 6.07) is 18.8. The first kappa shape index (κ1) is 20.7. The second-order valence-corrected chi connectivity index (χ2v) is 8.60. The van der Waals surface area contributed by atoms with Crippen LogP contribution in [-0.4, -0.2) is 32.9 Å². The molecule has 162 valence electrons. The molecule has 5 rings (SSSR count). The van der Waals surface area contributed by atoms with Crippen molar-refractivity contribution in [2.75, 3.05) is 6.61 Å². The van der Waals surface area contributed by atoms with Crippen LogP contribution in [0.25, 0.3) is 27.8 Å². The summed E-state index contributed by atoms with van der Waals surface area (Å²) in [5.74, 6) is -0.585. The predicted octanol–water partition coefficient (Wildman–Crippen LogP) is 5.13. The Kier molecular flexibility index (Phi) is 5.19. The molecule has 1 aromatic heterocycles. The molecule has 1 aliphatic rings. The number of benzene rings is 3. The number of nitrogens with one attached hydrogen (secondary N) is 1. The molecule has 1 heterocycles. The molecule has 0 saturated heterocycles. The number of aliphatic hydroxyl groups is 1. The Labute approximate surface area is 189 Å². The van der Waals surface area contributed by atoms with E-state index in [4.69, 9.17) is 16.7 Å². The largest absolute Gasteiger partial charge is 0.394 e. The van der Waals surface area contributed by atoms with Crippen LogP contribution in [0.2, 0.25) is 5.02 Å². The van der Waals surface area contributed by atoms with Crippen LogP contribution in [0.15, 0.2) is 66.7 Å². The summed E-state index contributed by atoms with van der Waals surface area (Å²) < 4.78 is 15.2. The maximum Gasteiger partial charge on any atom is 0.251 e. The zero-order valence-corrected chi connectivity index (χ0v) is 17.9. The molecule has 0 radical (unpaired) electrons. The standard InChI is InChI=1S/C25H21ClFN3O2/c26-21-5-2-1-4-19(21)23-20-11-6-16(24(32)28-25(15-31)12-3-13-25)14-22(20)30(29-23)18-9-7-17(27)8-10-18/h1-2,4-11,14,31H,3,12-13,15H2,(H,28,32). The Morgan fingerprint density at radius 1 is 1.12 bits per heavy atom. The summed E-state index contributed by atoms with van der Waals surface area (Å²) in [6.07, 6.45) is 2.52. The van der Waals surface area contributed by atoms with Crippen molar-refractivity contribution in [2.45, 2.75) is 24.8 Å². The Balaban J connectivity index is 1.65. The minimum Gasteiger partial charge on any atom is -0.394 e. The molecular weight excluding hydrogens is 429 g/mol. The summed E-state index contributed by atoms with van der Waals surface area (Å²) in [7, 11) is 0. The van der Waals surface area contributed by atoms with Crippen LogP contribution in [0.3, 0.4) is 0 Å². The van der Waals surface area contributed by atoms with Crippen molar-refractivity contribution in [3.8, 4) is 16.9 Å². The zero-order chi connectivity index (χ0) is 22.3. The maximum atomic E-state index is 13.5. The van der Waals surface area contributed by atoms with E-state index in [1.807, 2.05) is 24.3 Å². The van der Waals surface area contributed by atoms with E-state index in [0.29, 0.717) is 27.5 Å². The molecule has 1 saturated carbocycles. The number of amides is 1. The molecule has 2 N–H and O–H groups in total. The number of aliphatic hydroxyl groups excluding tert-OH is 1. The summed E-state index contributed by atoms with van der Waals surface area (Å²) in [5, 5.41) is 18.8. The van der Waals surface area contributed by atoms with Gasteiger partial charge in [0, 0.05) is 16.5 Å². The number of hydrogen-bond donors (Lipinski definition) is 2. The van der Waals surface area contributed by atoms with Crippen LogP contribution < -0.4 is 5.32 Å². The van der Waals surface area contributed by atoms with Gasteiger partial charge in [0.05, 0.1) is 28.4 Å². The highest BCUT2D eigenvalue weighted by molar-refractivity contribution is 6.33. The molecule has 5 nitrogen and oxygen atoms in total. The Morgan fingerprint density at radius 2 is 1.88 bits per heavy atom. The van der Waals surface area contributed by atoms with Gasteiger partial charge in [0.15, 0.2) is 0 Å². The molecule has 0 unspecified atom stereocenters. The van der Waals surface area contributed by atoms with Crippen LogP contribution in [-0.2, 0) is 0 Å². The average Bonchev–Trinajstić information content (AvgIpc) is 3.15. The number of fused-ring (bicyclic) bond motifs is 1. The monoisotopic (exact) mass is 449 g/mol. The number of halogens is 2. The second-order valence-electron chi connectivity index (χ2n) is 8.19. The van der Waals surface area contributed by atoms with Gasteiger partial charge in [0.2, 0.25) is 0 Å². The lowest BCUT2D eigenvalue weighted by Gasteiger charge is -2.40. The molecular formula is C25H21ClFN3O2. The summed E-state index contributed by atoms with van der Waals surface area (Å²) in [5.41, 5.74) is 2.74. The van der Waals surface area contributed by atoms with E-state index >= 15 is 0 Å². The predicted molar refractivity (Wildman–Crippen MR) is 123 cm³/mol. The normalized spacial score (nSPS) is 14.8. The van der Waals surface area contributed by atoms with Crippen molar-refractivity contribution in [3.63, 3.8) is 0 Å². The van der Waals surface area contributed by atoms with E-state index in [1.165, 1.54) is 12.1 Å². The van der Waals surface area contributed by atoms with E-state index in [0.717, 1.165) is 30.2 Å². The molecule has 0 spiro atoms. The second kappa shape index (κ2) is 8.04. The zero-order valence-electron chi connectivity index (χ0n) is 17.2. The quantitative estimate of drug-likeness (QED) is 0.444. The number of aromatic nitrogens is 2. The Hall–Kier alpha value is -3.22. The fourth-order valence-corrected chi connectivity index (χ4v) is 4.35. The molecule has 1 fully saturated rings. The van der Waals surface area contributed by atoms with Gasteiger partial charge in [-0.05, 0) is 67.8 Å². The van der Waals surface area contributed by atoms with Crippen molar-refractivity contribution < 1.29 is 14.3 Å². The minimum absolute atomic E-state index is 0.0782. The number of rotatable bonds is 5. The van der Waals surface area contributed by atoms with Gasteiger partial charge in [-0.3, -0.25) is 4.79 Å². The number of carbonyl (C=O) groups is 1. The van der Waals surface area contributed by atoms with Crippen LogP contribution in [0.5, 0.6) is 0 Å². The van der Waals surface area contributed by atoms with Crippen LogP contribution in [0.4, 0.5) is 4.39 Å². The molecule has 0 bridgehead atoms. The molecule has 32 heavy (non-hydrogen) atoms. The fraction of sp³-hybridized carbons (Fsp3) is 0.200. The van der Waals surface area contributed by atoms with Crippen molar-refractivity contribution in [3.05, 3.63) is 83.1 Å². The number of nitrogens with zero attached hydrogens (tertiary/aromatic N) is 2. The van der Waals surface area contributed by atoms with E-state index in [-0.39, 0.29) is 18.3 Å². The smallest absolute Gasteiger partial charge is 0.251 e. The first-order valence-electron chi connectivity index (χ1n) is 10.5. The molecule has 0 atom stereocenters. The molecule has 1 amide bonds. The molecule has 1 aliphatic carbocycles. The minimum atomic E-state index is -0.536. The molecule has 7 heteroatoms. The maximum absolute atomic E-state index is 13.5. The fourth-order valence-electron chi connectivity index (χ4n) is 4.13. The first-order valence-corrected chi connectivity index (χ1v) is 10.8. The van der Waals surface area contributed by atoms with Gasteiger partial charge in [0.1, 0.15) is 11.5 Å². The third-order valence-electron chi connectivity index (χ3n) is 6.14. The molecule has 4 aromatic rings. The highest BCUT2D eigenvalue weighted by Crippen LogP contribution is 2.35. The van der Waals surface area contributed by atoms with Crippen molar-refractivity contribution in [1.29, 1.82) is 0 Å². The SMILES string of the molecule is O=C(NC1(CO)CCC1)c1ccc2c(-c3ccccc3Cl)nn(-c3ccc(F)cc3)c2c1. The lowest BCUT2D eigenvalue weighted by atomic mass is 9.77. The lowest BCUT2D eigenvalue weighted by molar-refractivity contribution is 0.0642. The van der Waals surface area contributed by atoms with Crippen molar-refractivity contribution in [2.24, 2.45) is 0 Å². The molecule has 0 aliphatic heterocycles. The van der Waals surface area contributed by atoms with Gasteiger partial charge >= 0.3 is 0 Å². The van der Waals surface area contributed by atoms with E-state index in [1.54, 1.807) is 35.0 Å². The van der Waals surface area contributed by atoms with Gasteiger partial charge in [-0.1, -0.05) is 29.8 Å². The Bertz CT molecular complexity index is 1310. The molecule has 3 aromatic carbocycles. The van der Waals surface area contributed by atoms with E-state index in [9.17, 15) is 14.3 Å². The van der Waals surface area contributed by atoms with Gasteiger partial charge < -0.3 is 10.4 Å². The topological polar surface area (TPSA) is 67.2 Å². The van der Waals surface area contributed by atoms with Gasteiger partial charge in [-0.25, -0.2) is 9.07 Å². The third kappa shape index (κ3) is 3.55. The number of carbonyl (C=O) groups excluding carboxylic acids is 1. The van der Waals surface area contributed by atoms with Gasteiger partial charge in [-0.2, -0.15) is 5.10 Å². The average molecular weight is 450 g/mol. The summed E-state index contributed by atoms with van der Waals surface area (Å²) in [6.45, 7) is -0.0782. The highest BCUT2D eigenvalue weighted by atomic mass is 35.5. The van der Waals surface area contributed by atoms with Crippen LogP contribution in [0.1, 0.15) is 29.6 Å². The lowest BCUT2D eigenvalue weighted by Crippen LogP contribution is -2.56. The number of hydrogen-bond acceptors (Lipinski definition) is 3.